The molecule has 1 aliphatic heterocycles. The van der Waals surface area contributed by atoms with Crippen molar-refractivity contribution in [1.29, 1.82) is 0 Å². The third-order valence-electron chi connectivity index (χ3n) is 5.28. The Hall–Kier alpha value is -3.38. The molecule has 0 atom stereocenters. The molecule has 1 amide bonds. The van der Waals surface area contributed by atoms with Gasteiger partial charge in [-0.25, -0.2) is 14.4 Å². The molecule has 4 rings (SSSR count). The second-order valence-corrected chi connectivity index (χ2v) is 7.97. The van der Waals surface area contributed by atoms with Crippen molar-refractivity contribution in [3.05, 3.63) is 46.0 Å². The van der Waals surface area contributed by atoms with Gasteiger partial charge in [0, 0.05) is 12.1 Å². The molecule has 3 N–H and O–H groups in total. The number of hydrazone groups is 1. The highest BCUT2D eigenvalue weighted by atomic mass is 35.5. The summed E-state index contributed by atoms with van der Waals surface area (Å²) >= 11 is 5.97. The Morgan fingerprint density at radius 2 is 2.19 bits per heavy atom. The number of nitrogens with one attached hydrogen (secondary N) is 1. The Morgan fingerprint density at radius 1 is 1.41 bits per heavy atom. The van der Waals surface area contributed by atoms with Crippen molar-refractivity contribution in [2.45, 2.75) is 26.3 Å². The van der Waals surface area contributed by atoms with Crippen LogP contribution in [0.25, 0.3) is 5.82 Å². The number of nitrogens with zero attached hydrogens (tertiary/aromatic N) is 7. The van der Waals surface area contributed by atoms with Crippen LogP contribution in [-0.4, -0.2) is 55.4 Å². The molecule has 1 fully saturated rings. The summed E-state index contributed by atoms with van der Waals surface area (Å²) in [5, 5.41) is 19.3. The highest BCUT2D eigenvalue weighted by Crippen LogP contribution is 2.22. The number of rotatable bonds is 6. The minimum absolute atomic E-state index is 0.0163. The number of anilines is 1. The highest BCUT2D eigenvalue weighted by Gasteiger charge is 2.26. The Bertz CT molecular complexity index is 1120. The van der Waals surface area contributed by atoms with Crippen molar-refractivity contribution in [3.63, 3.8) is 0 Å². The van der Waals surface area contributed by atoms with Crippen LogP contribution in [0.1, 0.15) is 41.5 Å². The van der Waals surface area contributed by atoms with E-state index < -0.39 is 11.7 Å². The van der Waals surface area contributed by atoms with Gasteiger partial charge in [0.25, 0.3) is 5.91 Å². The molecule has 168 valence electrons. The largest absolute Gasteiger partial charge is 0.378 e. The maximum absolute atomic E-state index is 13.9. The van der Waals surface area contributed by atoms with E-state index in [0.717, 1.165) is 32.1 Å². The number of hydrogen-bond acceptors (Lipinski definition) is 9. The Labute approximate surface area is 187 Å². The first-order chi connectivity index (χ1) is 15.4. The number of amides is 1. The molecule has 0 radical (unpaired) electrons. The van der Waals surface area contributed by atoms with E-state index in [1.165, 1.54) is 22.9 Å². The van der Waals surface area contributed by atoms with Crippen molar-refractivity contribution in [2.24, 2.45) is 11.0 Å². The molecule has 0 bridgehead atoms. The van der Waals surface area contributed by atoms with Gasteiger partial charge in [0.05, 0.1) is 16.9 Å². The van der Waals surface area contributed by atoms with Gasteiger partial charge in [-0.3, -0.25) is 9.69 Å². The molecule has 1 aliphatic rings. The average Bonchev–Trinajstić information content (AvgIpc) is 3.37. The van der Waals surface area contributed by atoms with Crippen LogP contribution in [-0.2, 0) is 6.54 Å². The van der Waals surface area contributed by atoms with E-state index in [1.54, 1.807) is 0 Å². The second kappa shape index (κ2) is 9.40. The van der Waals surface area contributed by atoms with Crippen molar-refractivity contribution in [2.75, 3.05) is 18.8 Å². The van der Waals surface area contributed by atoms with Crippen LogP contribution in [0.5, 0.6) is 0 Å². The lowest BCUT2D eigenvalue weighted by molar-refractivity contribution is 0.0946. The van der Waals surface area contributed by atoms with Crippen molar-refractivity contribution < 1.29 is 13.8 Å². The number of nitrogen functional groups attached to an aromatic ring is 1. The predicted octanol–water partition coefficient (Wildman–Crippen LogP) is 2.02. The molecule has 1 saturated heterocycles. The fourth-order valence-corrected chi connectivity index (χ4v) is 3.61. The van der Waals surface area contributed by atoms with E-state index in [9.17, 15) is 9.18 Å². The van der Waals surface area contributed by atoms with Gasteiger partial charge >= 0.3 is 0 Å². The second-order valence-electron chi connectivity index (χ2n) is 7.56. The molecule has 3 aromatic rings. The van der Waals surface area contributed by atoms with Crippen LogP contribution in [0.15, 0.2) is 27.9 Å². The van der Waals surface area contributed by atoms with Gasteiger partial charge in [-0.05, 0) is 54.3 Å². The Kier molecular flexibility index (Phi) is 6.42. The Morgan fingerprint density at radius 3 is 2.88 bits per heavy atom. The molecule has 0 spiro atoms. The molecule has 11 nitrogen and oxygen atoms in total. The summed E-state index contributed by atoms with van der Waals surface area (Å²) in [6.07, 6.45) is 3.22. The van der Waals surface area contributed by atoms with Crippen molar-refractivity contribution in [3.8, 4) is 5.82 Å². The zero-order valence-electron chi connectivity index (χ0n) is 17.2. The van der Waals surface area contributed by atoms with Gasteiger partial charge in [0.1, 0.15) is 5.82 Å². The summed E-state index contributed by atoms with van der Waals surface area (Å²) in [6.45, 7) is 4.33. The number of likely N-dealkylation sites (tertiary alicyclic amines) is 1. The highest BCUT2D eigenvalue weighted by molar-refractivity contribution is 6.33. The number of aromatic nitrogens is 5. The number of piperidine rings is 1. The zero-order valence-corrected chi connectivity index (χ0v) is 18.0. The molecule has 2 aromatic heterocycles. The number of carbonyl (C=O) groups excluding carboxylic acids is 1. The standard InChI is InChI=1S/C19H21ClFN9O2/c1-11-5-7-29(8-6-11)10-15-16(24-28-30(15)18-17(22)26-32-27-18)19(31)25-23-9-12-13(20)3-2-4-14(12)21/h2-4,9,11H,5-8,10H2,1H3,(H2,22,26)(H,25,31). The fourth-order valence-electron chi connectivity index (χ4n) is 3.40. The van der Waals surface area contributed by atoms with Gasteiger partial charge in [-0.2, -0.15) is 9.78 Å². The van der Waals surface area contributed by atoms with Gasteiger partial charge in [0.2, 0.25) is 11.6 Å². The predicted molar refractivity (Wildman–Crippen MR) is 114 cm³/mol. The van der Waals surface area contributed by atoms with Gasteiger partial charge in [-0.15, -0.1) is 5.10 Å². The molecule has 32 heavy (non-hydrogen) atoms. The number of benzene rings is 1. The van der Waals surface area contributed by atoms with Crippen molar-refractivity contribution >= 4 is 29.5 Å². The van der Waals surface area contributed by atoms with E-state index in [-0.39, 0.29) is 27.9 Å². The first kappa shape index (κ1) is 21.8. The normalized spacial score (nSPS) is 15.5. The zero-order chi connectivity index (χ0) is 22.7. The lowest BCUT2D eigenvalue weighted by atomic mass is 9.99. The molecule has 13 heteroatoms. The summed E-state index contributed by atoms with van der Waals surface area (Å²) in [5.41, 5.74) is 8.69. The summed E-state index contributed by atoms with van der Waals surface area (Å²) in [5.74, 6) is -0.390. The Balaban J connectivity index is 1.58. The van der Waals surface area contributed by atoms with Crippen molar-refractivity contribution in [1.82, 2.24) is 35.6 Å². The summed E-state index contributed by atoms with van der Waals surface area (Å²) < 4.78 is 19.9. The first-order valence-electron chi connectivity index (χ1n) is 9.96. The molecular formula is C19H21ClFN9O2. The molecule has 0 aliphatic carbocycles. The number of nitrogens with two attached hydrogens (primary N) is 1. The lowest BCUT2D eigenvalue weighted by Crippen LogP contribution is -2.34. The maximum Gasteiger partial charge on any atom is 0.293 e. The van der Waals surface area contributed by atoms with E-state index in [0.29, 0.717) is 18.2 Å². The molecule has 3 heterocycles. The monoisotopic (exact) mass is 461 g/mol. The lowest BCUT2D eigenvalue weighted by Gasteiger charge is -2.30. The number of carbonyl (C=O) groups is 1. The number of hydrogen-bond donors (Lipinski definition) is 2. The maximum atomic E-state index is 13.9. The molecule has 0 unspecified atom stereocenters. The molecule has 0 saturated carbocycles. The van der Waals surface area contributed by atoms with E-state index in [1.807, 2.05) is 0 Å². The van der Waals surface area contributed by atoms with Crippen LogP contribution < -0.4 is 11.2 Å². The SMILES string of the molecule is CC1CCN(Cc2c(C(=O)NN=Cc3c(F)cccc3Cl)nnn2-c2nonc2N)CC1. The van der Waals surface area contributed by atoms with Gasteiger partial charge in [-0.1, -0.05) is 29.8 Å². The topological polar surface area (TPSA) is 140 Å². The smallest absolute Gasteiger partial charge is 0.293 e. The van der Waals surface area contributed by atoms with Crippen LogP contribution >= 0.6 is 11.6 Å². The van der Waals surface area contributed by atoms with E-state index in [2.05, 4.69) is 47.6 Å². The third-order valence-corrected chi connectivity index (χ3v) is 5.61. The van der Waals surface area contributed by atoms with Crippen LogP contribution in [0.2, 0.25) is 5.02 Å². The van der Waals surface area contributed by atoms with Crippen LogP contribution in [0.4, 0.5) is 10.2 Å². The third kappa shape index (κ3) is 4.60. The first-order valence-corrected chi connectivity index (χ1v) is 10.3. The average molecular weight is 462 g/mol. The number of halogens is 2. The van der Waals surface area contributed by atoms with Crippen LogP contribution in [0, 0.1) is 11.7 Å². The minimum atomic E-state index is -0.629. The summed E-state index contributed by atoms with van der Waals surface area (Å²) in [4.78, 5) is 15.0. The van der Waals surface area contributed by atoms with Crippen LogP contribution in [0.3, 0.4) is 0 Å². The van der Waals surface area contributed by atoms with Gasteiger partial charge in [0.15, 0.2) is 5.69 Å². The van der Waals surface area contributed by atoms with E-state index >= 15 is 0 Å². The summed E-state index contributed by atoms with van der Waals surface area (Å²) in [7, 11) is 0. The minimum Gasteiger partial charge on any atom is -0.378 e. The fraction of sp³-hybridized carbons (Fsp3) is 0.368. The summed E-state index contributed by atoms with van der Waals surface area (Å²) in [6, 6.07) is 4.24. The quantitative estimate of drug-likeness (QED) is 0.419. The molecule has 1 aromatic carbocycles. The van der Waals surface area contributed by atoms with E-state index in [4.69, 9.17) is 17.3 Å². The van der Waals surface area contributed by atoms with Gasteiger partial charge < -0.3 is 5.73 Å². The molecular weight excluding hydrogens is 441 g/mol.